The molecule has 0 bridgehead atoms. The Morgan fingerprint density at radius 2 is 2.29 bits per heavy atom. The molecule has 2 aromatic heterocycles. The van der Waals surface area contributed by atoms with Crippen molar-refractivity contribution in [2.75, 3.05) is 5.32 Å². The zero-order valence-corrected chi connectivity index (χ0v) is 12.3. The summed E-state index contributed by atoms with van der Waals surface area (Å²) in [6.45, 7) is 3.83. The van der Waals surface area contributed by atoms with E-state index in [0.29, 0.717) is 6.42 Å². The van der Waals surface area contributed by atoms with Crippen LogP contribution in [0.1, 0.15) is 38.2 Å². The fourth-order valence-electron chi connectivity index (χ4n) is 3.16. The molecule has 2 atom stereocenters. The molecule has 2 heterocycles. The minimum absolute atomic E-state index is 0.0991. The molecule has 1 aliphatic carbocycles. The molecule has 2 unspecified atom stereocenters. The maximum Gasteiger partial charge on any atom is 0.311 e. The number of carbonyl (C=O) groups is 1. The maximum absolute atomic E-state index is 11.7. The number of hydrogen-bond acceptors (Lipinski definition) is 4. The predicted molar refractivity (Wildman–Crippen MR) is 79.3 cm³/mol. The number of aromatic nitrogens is 3. The van der Waals surface area contributed by atoms with Gasteiger partial charge in [-0.3, -0.25) is 4.79 Å². The third-order valence-corrected chi connectivity index (χ3v) is 4.54. The number of anilines is 1. The number of rotatable bonds is 3. The Labute approximate surface area is 123 Å². The Balaban J connectivity index is 1.97. The first-order valence-electron chi connectivity index (χ1n) is 7.31. The third kappa shape index (κ3) is 2.34. The fraction of sp³-hybridized carbons (Fsp3) is 0.533. The number of hydrogen-bond donors (Lipinski definition) is 2. The summed E-state index contributed by atoms with van der Waals surface area (Å²) in [7, 11) is 0. The Bertz CT molecular complexity index is 681. The van der Waals surface area contributed by atoms with Crippen LogP contribution in [0.3, 0.4) is 0 Å². The lowest BCUT2D eigenvalue weighted by Crippen LogP contribution is -2.47. The third-order valence-electron chi connectivity index (χ3n) is 4.54. The molecule has 0 radical (unpaired) electrons. The van der Waals surface area contributed by atoms with Gasteiger partial charge in [-0.25, -0.2) is 4.98 Å². The van der Waals surface area contributed by atoms with Crippen molar-refractivity contribution in [1.82, 2.24) is 14.6 Å². The van der Waals surface area contributed by atoms with Crippen molar-refractivity contribution in [3.05, 3.63) is 24.0 Å². The second kappa shape index (κ2) is 5.02. The van der Waals surface area contributed by atoms with Gasteiger partial charge in [0.05, 0.1) is 5.41 Å². The van der Waals surface area contributed by atoms with Crippen LogP contribution in [0.4, 0.5) is 5.82 Å². The molecule has 21 heavy (non-hydrogen) atoms. The number of aryl methyl sites for hydroxylation is 1. The molecule has 1 aliphatic rings. The highest BCUT2D eigenvalue weighted by atomic mass is 16.4. The molecule has 6 nitrogen and oxygen atoms in total. The molecule has 6 heteroatoms. The molecule has 0 spiro atoms. The van der Waals surface area contributed by atoms with Crippen LogP contribution in [0, 0.1) is 12.3 Å². The highest BCUT2D eigenvalue weighted by molar-refractivity contribution is 5.76. The average Bonchev–Trinajstić information content (AvgIpc) is 2.89. The lowest BCUT2D eigenvalue weighted by atomic mass is 9.71. The van der Waals surface area contributed by atoms with E-state index in [-0.39, 0.29) is 6.04 Å². The lowest BCUT2D eigenvalue weighted by Gasteiger charge is -2.38. The summed E-state index contributed by atoms with van der Waals surface area (Å²) in [5, 5.41) is 17.2. The van der Waals surface area contributed by atoms with Crippen LogP contribution in [0.5, 0.6) is 0 Å². The van der Waals surface area contributed by atoms with Crippen molar-refractivity contribution in [1.29, 1.82) is 0 Å². The monoisotopic (exact) mass is 288 g/mol. The van der Waals surface area contributed by atoms with Gasteiger partial charge in [0.25, 0.3) is 0 Å². The van der Waals surface area contributed by atoms with E-state index in [0.717, 1.165) is 36.3 Å². The molecule has 1 saturated carbocycles. The fourth-order valence-corrected chi connectivity index (χ4v) is 3.16. The van der Waals surface area contributed by atoms with Gasteiger partial charge in [0, 0.05) is 6.04 Å². The molecule has 1 fully saturated rings. The van der Waals surface area contributed by atoms with E-state index < -0.39 is 11.4 Å². The molecule has 3 rings (SSSR count). The Kier molecular flexibility index (Phi) is 3.31. The van der Waals surface area contributed by atoms with Crippen molar-refractivity contribution in [3.63, 3.8) is 0 Å². The van der Waals surface area contributed by atoms with E-state index >= 15 is 0 Å². The first-order chi connectivity index (χ1) is 10.0. The van der Waals surface area contributed by atoms with E-state index in [1.165, 1.54) is 6.33 Å². The quantitative estimate of drug-likeness (QED) is 0.907. The van der Waals surface area contributed by atoms with Crippen molar-refractivity contribution in [3.8, 4) is 0 Å². The number of carboxylic acids is 1. The van der Waals surface area contributed by atoms with Crippen LogP contribution in [-0.2, 0) is 4.79 Å². The van der Waals surface area contributed by atoms with E-state index in [1.54, 1.807) is 4.52 Å². The van der Waals surface area contributed by atoms with E-state index in [2.05, 4.69) is 15.4 Å². The summed E-state index contributed by atoms with van der Waals surface area (Å²) in [5.41, 5.74) is 1.10. The number of carboxylic acid groups (broad SMARTS) is 1. The first-order valence-corrected chi connectivity index (χ1v) is 7.31. The molecule has 2 N–H and O–H groups in total. The standard InChI is InChI=1S/C15H20N4O2/c1-10-7-12-16-9-17-19(12)13(8-10)18-11-5-3-4-6-15(11,2)14(20)21/h7-9,11,18H,3-6H2,1-2H3,(H,20,21). The van der Waals surface area contributed by atoms with Gasteiger partial charge in [0.2, 0.25) is 0 Å². The minimum atomic E-state index is -0.741. The zero-order valence-electron chi connectivity index (χ0n) is 12.3. The number of aliphatic carboxylic acids is 1. The summed E-state index contributed by atoms with van der Waals surface area (Å²) in [4.78, 5) is 15.9. The molecule has 0 saturated heterocycles. The molecule has 0 amide bonds. The van der Waals surface area contributed by atoms with Crippen LogP contribution in [0.25, 0.3) is 5.65 Å². The molecule has 112 valence electrons. The van der Waals surface area contributed by atoms with Crippen LogP contribution in [0.15, 0.2) is 18.5 Å². The van der Waals surface area contributed by atoms with Gasteiger partial charge in [-0.2, -0.15) is 9.61 Å². The van der Waals surface area contributed by atoms with Gasteiger partial charge in [0.1, 0.15) is 12.1 Å². The van der Waals surface area contributed by atoms with Crippen LogP contribution >= 0.6 is 0 Å². The summed E-state index contributed by atoms with van der Waals surface area (Å²) < 4.78 is 1.73. The molecule has 2 aromatic rings. The van der Waals surface area contributed by atoms with Gasteiger partial charge in [-0.05, 0) is 44.4 Å². The second-order valence-corrected chi connectivity index (χ2v) is 6.11. The lowest BCUT2D eigenvalue weighted by molar-refractivity contribution is -0.150. The molecule has 0 aliphatic heterocycles. The SMILES string of the molecule is Cc1cc(NC2CCCCC2(C)C(=O)O)n2ncnc2c1. The van der Waals surface area contributed by atoms with Crippen molar-refractivity contribution in [2.45, 2.75) is 45.6 Å². The van der Waals surface area contributed by atoms with Crippen LogP contribution in [0.2, 0.25) is 0 Å². The molecule has 0 aromatic carbocycles. The summed E-state index contributed by atoms with van der Waals surface area (Å²) in [6, 6.07) is 3.84. The van der Waals surface area contributed by atoms with Crippen LogP contribution in [-0.4, -0.2) is 31.7 Å². The smallest absolute Gasteiger partial charge is 0.311 e. The first kappa shape index (κ1) is 13.9. The van der Waals surface area contributed by atoms with Gasteiger partial charge in [-0.1, -0.05) is 12.8 Å². The molecular formula is C15H20N4O2. The van der Waals surface area contributed by atoms with E-state index in [1.807, 2.05) is 26.0 Å². The highest BCUT2D eigenvalue weighted by Crippen LogP contribution is 2.38. The zero-order chi connectivity index (χ0) is 15.0. The van der Waals surface area contributed by atoms with Crippen LogP contribution < -0.4 is 5.32 Å². The minimum Gasteiger partial charge on any atom is -0.481 e. The maximum atomic E-state index is 11.7. The summed E-state index contributed by atoms with van der Waals surface area (Å²) in [6.07, 6.45) is 5.08. The van der Waals surface area contributed by atoms with Gasteiger partial charge < -0.3 is 10.4 Å². The topological polar surface area (TPSA) is 79.5 Å². The Hall–Kier alpha value is -2.11. The largest absolute Gasteiger partial charge is 0.481 e. The Morgan fingerprint density at radius 1 is 1.48 bits per heavy atom. The number of pyridine rings is 1. The normalized spacial score (nSPS) is 25.9. The summed E-state index contributed by atoms with van der Waals surface area (Å²) in [5.74, 6) is 0.0732. The van der Waals surface area contributed by atoms with Crippen molar-refractivity contribution >= 4 is 17.4 Å². The van der Waals surface area contributed by atoms with Gasteiger partial charge in [0.15, 0.2) is 5.65 Å². The van der Waals surface area contributed by atoms with Crippen molar-refractivity contribution in [2.24, 2.45) is 5.41 Å². The van der Waals surface area contributed by atoms with Crippen molar-refractivity contribution < 1.29 is 9.90 Å². The second-order valence-electron chi connectivity index (χ2n) is 6.11. The predicted octanol–water partition coefficient (Wildman–Crippen LogP) is 2.48. The number of nitrogens with zero attached hydrogens (tertiary/aromatic N) is 3. The van der Waals surface area contributed by atoms with E-state index in [4.69, 9.17) is 0 Å². The molecular weight excluding hydrogens is 268 g/mol. The Morgan fingerprint density at radius 3 is 3.05 bits per heavy atom. The van der Waals surface area contributed by atoms with E-state index in [9.17, 15) is 9.90 Å². The number of fused-ring (bicyclic) bond motifs is 1. The summed E-state index contributed by atoms with van der Waals surface area (Å²) >= 11 is 0. The number of nitrogens with one attached hydrogen (secondary N) is 1. The highest BCUT2D eigenvalue weighted by Gasteiger charge is 2.43. The average molecular weight is 288 g/mol. The van der Waals surface area contributed by atoms with Gasteiger partial charge in [-0.15, -0.1) is 0 Å². The van der Waals surface area contributed by atoms with Gasteiger partial charge >= 0.3 is 5.97 Å².